The third kappa shape index (κ3) is 14.5. The Kier molecular flexibility index (Phi) is 15.3. The van der Waals surface area contributed by atoms with E-state index in [-0.39, 0.29) is 65.6 Å². The molecule has 0 saturated carbocycles. The molecular formula is C12H22N3O5SW-. The third-order valence-corrected chi connectivity index (χ3v) is 2.52. The molecule has 0 spiro atoms. The van der Waals surface area contributed by atoms with Gasteiger partial charge in [0, 0.05) is 40.5 Å². The molecule has 3 N–H and O–H groups in total. The van der Waals surface area contributed by atoms with E-state index in [0.29, 0.717) is 6.54 Å². The van der Waals surface area contributed by atoms with Crippen molar-refractivity contribution in [1.29, 1.82) is 0 Å². The van der Waals surface area contributed by atoms with Gasteiger partial charge in [0.25, 0.3) is 0 Å². The van der Waals surface area contributed by atoms with E-state index < -0.39 is 5.79 Å². The van der Waals surface area contributed by atoms with Gasteiger partial charge in [-0.25, -0.2) is 0 Å². The van der Waals surface area contributed by atoms with E-state index in [2.05, 4.69) is 28.2 Å². The van der Waals surface area contributed by atoms with Gasteiger partial charge in [-0.2, -0.15) is 0 Å². The minimum absolute atomic E-state index is 0. The van der Waals surface area contributed by atoms with Crippen LogP contribution in [0.15, 0.2) is 0 Å². The fourth-order valence-corrected chi connectivity index (χ4v) is 1.24. The Balaban J connectivity index is 0. The molecular weight excluding hydrogens is 482 g/mol. The molecule has 10 heteroatoms. The maximum atomic E-state index is 11.3. The second-order valence-corrected chi connectivity index (χ2v) is 4.80. The van der Waals surface area contributed by atoms with Crippen LogP contribution in [0.4, 0.5) is 0 Å². The summed E-state index contributed by atoms with van der Waals surface area (Å²) in [6, 6.07) is 0. The van der Waals surface area contributed by atoms with Crippen molar-refractivity contribution < 1.29 is 44.9 Å². The molecule has 0 aromatic rings. The molecule has 0 aliphatic rings. The largest absolute Gasteiger partial charge is 0.542 e. The summed E-state index contributed by atoms with van der Waals surface area (Å²) in [6.07, 6.45) is 2.05. The summed E-state index contributed by atoms with van der Waals surface area (Å²) in [5.41, 5.74) is 0. The fraction of sp³-hybridized carbons (Fsp3) is 0.750. The molecule has 22 heavy (non-hydrogen) atoms. The Bertz CT molecular complexity index is 345. The predicted octanol–water partition coefficient (Wildman–Crippen LogP) is -0.385. The summed E-state index contributed by atoms with van der Waals surface area (Å²) in [6.45, 7) is 3.70. The van der Waals surface area contributed by atoms with E-state index in [1.807, 2.05) is 0 Å². The standard InChI is InChI=1S/C12H22N3O5S.W/c1-12(2,19-8-13-10(17)4-3-7-16)20-9-14-11(18)5-6-15-21;/h15,21H,3-6,8-9H2,1-2H3,(H,13,17)(H,14,18);/q-1;. The van der Waals surface area contributed by atoms with Crippen LogP contribution in [0.3, 0.4) is 0 Å². The van der Waals surface area contributed by atoms with Crippen LogP contribution in [-0.2, 0) is 44.9 Å². The molecule has 0 unspecified atom stereocenters. The van der Waals surface area contributed by atoms with E-state index in [1.54, 1.807) is 20.1 Å². The second kappa shape index (κ2) is 14.1. The number of hydrogen-bond donors (Lipinski definition) is 4. The number of carbonyl (C=O) groups is 2. The molecule has 0 rings (SSSR count). The van der Waals surface area contributed by atoms with Crippen molar-refractivity contribution in [3.8, 4) is 0 Å². The average molecular weight is 504 g/mol. The van der Waals surface area contributed by atoms with Crippen molar-refractivity contribution in [2.75, 3.05) is 20.0 Å². The Morgan fingerprint density at radius 3 is 2.05 bits per heavy atom. The van der Waals surface area contributed by atoms with Gasteiger partial charge in [0.2, 0.25) is 11.8 Å². The van der Waals surface area contributed by atoms with Crippen molar-refractivity contribution in [2.45, 2.75) is 38.9 Å². The minimum Gasteiger partial charge on any atom is -0.542 e. The van der Waals surface area contributed by atoms with Crippen LogP contribution >= 0.6 is 12.8 Å². The van der Waals surface area contributed by atoms with Gasteiger partial charge in [-0.1, -0.05) is 12.8 Å². The van der Waals surface area contributed by atoms with E-state index in [0.717, 1.165) is 0 Å². The summed E-state index contributed by atoms with van der Waals surface area (Å²) < 4.78 is 13.2. The Hall–Kier alpha value is -0.472. The first-order valence-electron chi connectivity index (χ1n) is 6.44. The maximum Gasteiger partial charge on any atom is 0.223 e. The van der Waals surface area contributed by atoms with Gasteiger partial charge in [-0.05, 0) is 13.8 Å². The zero-order valence-electron chi connectivity index (χ0n) is 12.6. The molecule has 0 aliphatic carbocycles. The van der Waals surface area contributed by atoms with Crippen molar-refractivity contribution in [3.63, 3.8) is 0 Å². The molecule has 0 bridgehead atoms. The molecule has 8 nitrogen and oxygen atoms in total. The van der Waals surface area contributed by atoms with E-state index in [4.69, 9.17) is 9.47 Å². The first kappa shape index (κ1) is 23.8. The van der Waals surface area contributed by atoms with Gasteiger partial charge in [0.05, 0.1) is 0 Å². The molecule has 0 heterocycles. The fourth-order valence-electron chi connectivity index (χ4n) is 1.13. The molecule has 0 saturated heterocycles. The number of nitrogens with one attached hydrogen (secondary N) is 3. The van der Waals surface area contributed by atoms with E-state index in [9.17, 15) is 14.4 Å². The SMILES string of the molecule is CC(C)(OCNC(=O)CC[C-]=O)OCNC(=O)CCNS.[W]. The van der Waals surface area contributed by atoms with Crippen LogP contribution in [0.2, 0.25) is 0 Å². The molecule has 128 valence electrons. The number of rotatable bonds is 12. The normalized spacial score (nSPS) is 10.5. The van der Waals surface area contributed by atoms with Gasteiger partial charge in [-0.3, -0.25) is 20.6 Å². The van der Waals surface area contributed by atoms with Crippen molar-refractivity contribution in [3.05, 3.63) is 0 Å². The summed E-state index contributed by atoms with van der Waals surface area (Å²) in [5, 5.41) is 5.03. The molecule has 0 atom stereocenters. The van der Waals surface area contributed by atoms with Crippen LogP contribution in [-0.4, -0.2) is 43.9 Å². The summed E-state index contributed by atoms with van der Waals surface area (Å²) >= 11 is 3.77. The molecule has 0 aliphatic heterocycles. The van der Waals surface area contributed by atoms with Crippen LogP contribution < -0.4 is 15.4 Å². The summed E-state index contributed by atoms with van der Waals surface area (Å²) in [4.78, 5) is 32.5. The van der Waals surface area contributed by atoms with Crippen LogP contribution in [0.5, 0.6) is 0 Å². The summed E-state index contributed by atoms with van der Waals surface area (Å²) in [5.74, 6) is -1.45. The number of thiol groups is 1. The molecule has 0 radical (unpaired) electrons. The smallest absolute Gasteiger partial charge is 0.223 e. The van der Waals surface area contributed by atoms with Crippen LogP contribution in [0, 0.1) is 0 Å². The first-order chi connectivity index (χ1) is 9.91. The first-order valence-corrected chi connectivity index (χ1v) is 6.89. The molecule has 2 amide bonds. The van der Waals surface area contributed by atoms with Gasteiger partial charge < -0.3 is 24.9 Å². The molecule has 0 fully saturated rings. The monoisotopic (exact) mass is 504 g/mol. The van der Waals surface area contributed by atoms with Gasteiger partial charge >= 0.3 is 0 Å². The number of amides is 2. The quantitative estimate of drug-likeness (QED) is 0.164. The van der Waals surface area contributed by atoms with Crippen molar-refractivity contribution >= 4 is 30.9 Å². The minimum atomic E-state index is -0.973. The predicted molar refractivity (Wildman–Crippen MR) is 78.8 cm³/mol. The Labute approximate surface area is 150 Å². The zero-order valence-corrected chi connectivity index (χ0v) is 16.5. The van der Waals surface area contributed by atoms with E-state index in [1.165, 1.54) is 0 Å². The second-order valence-electron chi connectivity index (χ2n) is 4.48. The average Bonchev–Trinajstić information content (AvgIpc) is 2.42. The number of hydrogen-bond acceptors (Lipinski definition) is 7. The summed E-state index contributed by atoms with van der Waals surface area (Å²) in [7, 11) is 0. The Morgan fingerprint density at radius 1 is 1.09 bits per heavy atom. The van der Waals surface area contributed by atoms with Gasteiger partial charge in [-0.15, -0.1) is 6.42 Å². The topological polar surface area (TPSA) is 106 Å². The van der Waals surface area contributed by atoms with Crippen LogP contribution in [0.1, 0.15) is 33.1 Å². The van der Waals surface area contributed by atoms with Crippen LogP contribution in [0.25, 0.3) is 0 Å². The van der Waals surface area contributed by atoms with Gasteiger partial charge in [0.15, 0.2) is 5.79 Å². The zero-order chi connectivity index (χ0) is 16.1. The molecule has 0 aromatic heterocycles. The Morgan fingerprint density at radius 2 is 1.59 bits per heavy atom. The number of carbonyl (C=O) groups excluding carboxylic acids is 3. The van der Waals surface area contributed by atoms with Crippen molar-refractivity contribution in [2.24, 2.45) is 0 Å². The third-order valence-electron chi connectivity index (χ3n) is 2.30. The number of ether oxygens (including phenoxy) is 2. The maximum absolute atomic E-state index is 11.3. The van der Waals surface area contributed by atoms with E-state index >= 15 is 0 Å². The molecule has 0 aromatic carbocycles. The van der Waals surface area contributed by atoms with Crippen molar-refractivity contribution in [1.82, 2.24) is 15.4 Å². The van der Waals surface area contributed by atoms with Gasteiger partial charge in [0.1, 0.15) is 13.5 Å².